The summed E-state index contributed by atoms with van der Waals surface area (Å²) in [4.78, 5) is 34.2. The Morgan fingerprint density at radius 1 is 1.07 bits per heavy atom. The fourth-order valence-electron chi connectivity index (χ4n) is 2.56. The van der Waals surface area contributed by atoms with Crippen LogP contribution in [-0.2, 0) is 9.59 Å². The van der Waals surface area contributed by atoms with E-state index in [1.165, 1.54) is 0 Å². The van der Waals surface area contributed by atoms with Crippen molar-refractivity contribution in [2.75, 3.05) is 6.61 Å². The van der Waals surface area contributed by atoms with Crippen LogP contribution in [0.25, 0.3) is 10.8 Å². The third-order valence-electron chi connectivity index (χ3n) is 4.09. The predicted molar refractivity (Wildman–Crippen MR) is 100 cm³/mol. The number of ether oxygens (including phenoxy) is 1. The number of benzene rings is 2. The second-order valence-electron chi connectivity index (χ2n) is 6.22. The lowest BCUT2D eigenvalue weighted by molar-refractivity contribution is -0.140. The number of carbonyl (C=O) groups excluding carboxylic acids is 1. The average Bonchev–Trinajstić information content (AvgIpc) is 2.64. The van der Waals surface area contributed by atoms with E-state index in [1.807, 2.05) is 18.2 Å². The third kappa shape index (κ3) is 5.99. The molecule has 0 saturated carbocycles. The van der Waals surface area contributed by atoms with Crippen LogP contribution < -0.4 is 10.1 Å². The van der Waals surface area contributed by atoms with Crippen molar-refractivity contribution >= 4 is 28.6 Å². The summed E-state index contributed by atoms with van der Waals surface area (Å²) < 4.78 is 5.66. The highest BCUT2D eigenvalue weighted by molar-refractivity contribution is 6.00. The van der Waals surface area contributed by atoms with E-state index in [9.17, 15) is 14.4 Å². The minimum absolute atomic E-state index is 0.178. The molecule has 27 heavy (non-hydrogen) atoms. The lowest BCUT2D eigenvalue weighted by Crippen LogP contribution is -2.41. The normalized spacial score (nSPS) is 11.7. The van der Waals surface area contributed by atoms with Crippen molar-refractivity contribution in [3.05, 3.63) is 42.0 Å². The van der Waals surface area contributed by atoms with Gasteiger partial charge in [-0.2, -0.15) is 0 Å². The summed E-state index contributed by atoms with van der Waals surface area (Å²) in [5.74, 6) is -2.18. The zero-order valence-electron chi connectivity index (χ0n) is 15.1. The molecule has 0 aliphatic carbocycles. The van der Waals surface area contributed by atoms with Gasteiger partial charge < -0.3 is 20.3 Å². The van der Waals surface area contributed by atoms with Crippen molar-refractivity contribution in [2.24, 2.45) is 0 Å². The van der Waals surface area contributed by atoms with Crippen molar-refractivity contribution in [1.29, 1.82) is 0 Å². The van der Waals surface area contributed by atoms with Crippen molar-refractivity contribution in [1.82, 2.24) is 5.32 Å². The molecular formula is C20H23NO6. The van der Waals surface area contributed by atoms with Gasteiger partial charge in [-0.1, -0.05) is 25.5 Å². The maximum Gasteiger partial charge on any atom is 0.326 e. The number of carboxylic acids is 2. The van der Waals surface area contributed by atoms with Crippen LogP contribution in [0.4, 0.5) is 0 Å². The fraction of sp³-hybridized carbons (Fsp3) is 0.350. The molecule has 0 heterocycles. The van der Waals surface area contributed by atoms with Crippen LogP contribution in [0.5, 0.6) is 5.75 Å². The van der Waals surface area contributed by atoms with E-state index in [2.05, 4.69) is 12.2 Å². The SMILES string of the molecule is CCCCOc1ccc2cc(C(=O)N[C@H](CCC(=O)O)C(=O)O)ccc2c1. The van der Waals surface area contributed by atoms with E-state index in [1.54, 1.807) is 18.2 Å². The van der Waals surface area contributed by atoms with Gasteiger partial charge in [-0.3, -0.25) is 9.59 Å². The molecule has 0 radical (unpaired) electrons. The van der Waals surface area contributed by atoms with Crippen LogP contribution in [0, 0.1) is 0 Å². The maximum absolute atomic E-state index is 12.3. The quantitative estimate of drug-likeness (QED) is 0.552. The molecule has 0 spiro atoms. The molecular weight excluding hydrogens is 350 g/mol. The Hall–Kier alpha value is -3.09. The maximum atomic E-state index is 12.3. The van der Waals surface area contributed by atoms with E-state index in [0.717, 1.165) is 29.4 Å². The third-order valence-corrected chi connectivity index (χ3v) is 4.09. The number of hydrogen-bond acceptors (Lipinski definition) is 4. The van der Waals surface area contributed by atoms with Gasteiger partial charge in [0.15, 0.2) is 0 Å². The average molecular weight is 373 g/mol. The molecule has 0 aliphatic rings. The Labute approximate surface area is 156 Å². The summed E-state index contributed by atoms with van der Waals surface area (Å²) in [5, 5.41) is 21.9. The highest BCUT2D eigenvalue weighted by atomic mass is 16.5. The summed E-state index contributed by atoms with van der Waals surface area (Å²) in [7, 11) is 0. The number of aliphatic carboxylic acids is 2. The van der Waals surface area contributed by atoms with E-state index in [0.29, 0.717) is 12.2 Å². The minimum atomic E-state index is -1.26. The van der Waals surface area contributed by atoms with Gasteiger partial charge in [0.2, 0.25) is 0 Å². The Morgan fingerprint density at radius 2 is 1.78 bits per heavy atom. The number of rotatable bonds is 10. The largest absolute Gasteiger partial charge is 0.494 e. The number of carboxylic acid groups (broad SMARTS) is 2. The van der Waals surface area contributed by atoms with Crippen molar-refractivity contribution in [3.8, 4) is 5.75 Å². The molecule has 0 unspecified atom stereocenters. The first-order valence-corrected chi connectivity index (χ1v) is 8.82. The van der Waals surface area contributed by atoms with Crippen molar-refractivity contribution in [3.63, 3.8) is 0 Å². The topological polar surface area (TPSA) is 113 Å². The van der Waals surface area contributed by atoms with Gasteiger partial charge in [0.1, 0.15) is 11.8 Å². The molecule has 0 bridgehead atoms. The molecule has 2 aromatic rings. The van der Waals surface area contributed by atoms with Gasteiger partial charge in [-0.05, 0) is 47.9 Å². The van der Waals surface area contributed by atoms with Crippen molar-refractivity contribution < 1.29 is 29.3 Å². The Balaban J connectivity index is 2.10. The van der Waals surface area contributed by atoms with Gasteiger partial charge in [-0.25, -0.2) is 4.79 Å². The molecule has 1 atom stereocenters. The number of nitrogens with one attached hydrogen (secondary N) is 1. The lowest BCUT2D eigenvalue weighted by Gasteiger charge is -2.14. The molecule has 0 fully saturated rings. The van der Waals surface area contributed by atoms with Crippen LogP contribution in [0.15, 0.2) is 36.4 Å². The number of carbonyl (C=O) groups is 3. The van der Waals surface area contributed by atoms with Crippen LogP contribution in [-0.4, -0.2) is 40.7 Å². The first-order valence-electron chi connectivity index (χ1n) is 8.82. The second-order valence-corrected chi connectivity index (χ2v) is 6.22. The Kier molecular flexibility index (Phi) is 7.16. The summed E-state index contributed by atoms with van der Waals surface area (Å²) in [6, 6.07) is 9.33. The zero-order valence-corrected chi connectivity index (χ0v) is 15.1. The summed E-state index contributed by atoms with van der Waals surface area (Å²) >= 11 is 0. The van der Waals surface area contributed by atoms with Crippen LogP contribution >= 0.6 is 0 Å². The number of amides is 1. The van der Waals surface area contributed by atoms with Crippen molar-refractivity contribution in [2.45, 2.75) is 38.6 Å². The molecule has 0 aromatic heterocycles. The van der Waals surface area contributed by atoms with Gasteiger partial charge in [0.25, 0.3) is 5.91 Å². The van der Waals surface area contributed by atoms with Gasteiger partial charge >= 0.3 is 11.9 Å². The highest BCUT2D eigenvalue weighted by Crippen LogP contribution is 2.22. The summed E-state index contributed by atoms with van der Waals surface area (Å²) in [5.41, 5.74) is 0.309. The van der Waals surface area contributed by atoms with E-state index >= 15 is 0 Å². The van der Waals surface area contributed by atoms with Gasteiger partial charge in [0.05, 0.1) is 6.61 Å². The Morgan fingerprint density at radius 3 is 2.44 bits per heavy atom. The second kappa shape index (κ2) is 9.56. The zero-order chi connectivity index (χ0) is 19.8. The lowest BCUT2D eigenvalue weighted by atomic mass is 10.1. The molecule has 7 nitrogen and oxygen atoms in total. The first kappa shape index (κ1) is 20.2. The number of unbranched alkanes of at least 4 members (excludes halogenated alkanes) is 1. The summed E-state index contributed by atoms with van der Waals surface area (Å²) in [6.07, 6.45) is 1.51. The minimum Gasteiger partial charge on any atom is -0.494 e. The number of hydrogen-bond donors (Lipinski definition) is 3. The molecule has 2 aromatic carbocycles. The van der Waals surface area contributed by atoms with Crippen LogP contribution in [0.1, 0.15) is 43.0 Å². The molecule has 7 heteroatoms. The summed E-state index contributed by atoms with van der Waals surface area (Å²) in [6.45, 7) is 2.74. The first-order chi connectivity index (χ1) is 12.9. The Bertz CT molecular complexity index is 832. The van der Waals surface area contributed by atoms with E-state index in [4.69, 9.17) is 14.9 Å². The molecule has 144 valence electrons. The van der Waals surface area contributed by atoms with E-state index in [-0.39, 0.29) is 12.8 Å². The molecule has 0 aliphatic heterocycles. The fourth-order valence-corrected chi connectivity index (χ4v) is 2.56. The van der Waals surface area contributed by atoms with E-state index < -0.39 is 23.9 Å². The monoisotopic (exact) mass is 373 g/mol. The smallest absolute Gasteiger partial charge is 0.326 e. The standard InChI is InChI=1S/C20H23NO6/c1-2-3-10-27-16-7-6-13-11-15(5-4-14(13)12-16)19(24)21-17(20(25)26)8-9-18(22)23/h4-7,11-12,17H,2-3,8-10H2,1H3,(H,21,24)(H,22,23)(H,25,26)/t17-/m1/s1. The molecule has 2 rings (SSSR count). The molecule has 3 N–H and O–H groups in total. The highest BCUT2D eigenvalue weighted by Gasteiger charge is 2.21. The predicted octanol–water partition coefficient (Wildman–Crippen LogP) is 3.07. The van der Waals surface area contributed by atoms with Crippen LogP contribution in [0.3, 0.4) is 0 Å². The van der Waals surface area contributed by atoms with Gasteiger partial charge in [-0.15, -0.1) is 0 Å². The van der Waals surface area contributed by atoms with Crippen LogP contribution in [0.2, 0.25) is 0 Å². The molecule has 0 saturated heterocycles. The molecule has 1 amide bonds. The van der Waals surface area contributed by atoms with Gasteiger partial charge in [0, 0.05) is 12.0 Å². The number of fused-ring (bicyclic) bond motifs is 1.